The van der Waals surface area contributed by atoms with E-state index in [0.717, 1.165) is 4.47 Å². The highest BCUT2D eigenvalue weighted by molar-refractivity contribution is 9.10. The van der Waals surface area contributed by atoms with Crippen LogP contribution < -0.4 is 0 Å². The lowest BCUT2D eigenvalue weighted by atomic mass is 10.1. The van der Waals surface area contributed by atoms with Crippen molar-refractivity contribution in [3.8, 4) is 6.07 Å². The van der Waals surface area contributed by atoms with Gasteiger partial charge < -0.3 is 4.90 Å². The zero-order valence-corrected chi connectivity index (χ0v) is 9.50. The molecule has 0 radical (unpaired) electrons. The minimum atomic E-state index is -0.164. The van der Waals surface area contributed by atoms with Crippen LogP contribution in [0, 0.1) is 11.3 Å². The minimum Gasteiger partial charge on any atom is -0.345 e. The van der Waals surface area contributed by atoms with Gasteiger partial charge in [0, 0.05) is 18.6 Å². The third kappa shape index (κ3) is 2.12. The molecule has 0 aromatic heterocycles. The fourth-order valence-corrected chi connectivity index (χ4v) is 1.39. The lowest BCUT2D eigenvalue weighted by molar-refractivity contribution is 0.0827. The van der Waals surface area contributed by atoms with Crippen molar-refractivity contribution in [2.45, 2.75) is 0 Å². The zero-order chi connectivity index (χ0) is 10.7. The van der Waals surface area contributed by atoms with Crippen molar-refractivity contribution in [2.75, 3.05) is 14.1 Å². The van der Waals surface area contributed by atoms with Gasteiger partial charge in [0.1, 0.15) is 0 Å². The largest absolute Gasteiger partial charge is 0.345 e. The van der Waals surface area contributed by atoms with Crippen molar-refractivity contribution in [3.63, 3.8) is 0 Å². The maximum Gasteiger partial charge on any atom is 0.254 e. The SMILES string of the molecule is CN(C)C(=O)c1cc(Br)ccc1C#N. The molecule has 0 atom stereocenters. The topological polar surface area (TPSA) is 44.1 Å². The zero-order valence-electron chi connectivity index (χ0n) is 7.91. The molecule has 0 unspecified atom stereocenters. The Hall–Kier alpha value is -1.34. The molecule has 0 aliphatic carbocycles. The number of hydrogen-bond donors (Lipinski definition) is 0. The van der Waals surface area contributed by atoms with Gasteiger partial charge in [-0.2, -0.15) is 5.26 Å². The molecule has 4 heteroatoms. The van der Waals surface area contributed by atoms with E-state index in [0.29, 0.717) is 11.1 Å². The number of carbonyl (C=O) groups excluding carboxylic acids is 1. The molecular weight excluding hydrogens is 244 g/mol. The molecule has 0 saturated heterocycles. The molecule has 0 saturated carbocycles. The monoisotopic (exact) mass is 252 g/mol. The summed E-state index contributed by atoms with van der Waals surface area (Å²) in [6.45, 7) is 0. The van der Waals surface area contributed by atoms with E-state index < -0.39 is 0 Å². The number of nitriles is 1. The molecule has 14 heavy (non-hydrogen) atoms. The molecule has 1 rings (SSSR count). The molecule has 0 heterocycles. The number of amides is 1. The molecule has 1 amide bonds. The second-order valence-electron chi connectivity index (χ2n) is 3.00. The van der Waals surface area contributed by atoms with Gasteiger partial charge in [0.2, 0.25) is 0 Å². The third-order valence-electron chi connectivity index (χ3n) is 1.74. The third-order valence-corrected chi connectivity index (χ3v) is 2.23. The fraction of sp³-hybridized carbons (Fsp3) is 0.200. The van der Waals surface area contributed by atoms with Gasteiger partial charge in [-0.25, -0.2) is 0 Å². The summed E-state index contributed by atoms with van der Waals surface area (Å²) in [6, 6.07) is 7.01. The molecule has 0 fully saturated rings. The first-order chi connectivity index (χ1) is 6.56. The van der Waals surface area contributed by atoms with E-state index in [1.807, 2.05) is 6.07 Å². The number of nitrogens with zero attached hydrogens (tertiary/aromatic N) is 2. The maximum absolute atomic E-state index is 11.6. The van der Waals surface area contributed by atoms with Crippen LogP contribution in [0.25, 0.3) is 0 Å². The van der Waals surface area contributed by atoms with Crippen molar-refractivity contribution < 1.29 is 4.79 Å². The van der Waals surface area contributed by atoms with Gasteiger partial charge in [0.25, 0.3) is 5.91 Å². The Morgan fingerprint density at radius 2 is 2.14 bits per heavy atom. The average molecular weight is 253 g/mol. The standard InChI is InChI=1S/C10H9BrN2O/c1-13(2)10(14)9-5-8(11)4-3-7(9)6-12/h3-5H,1-2H3. The van der Waals surface area contributed by atoms with E-state index in [4.69, 9.17) is 5.26 Å². The van der Waals surface area contributed by atoms with Gasteiger partial charge in [-0.05, 0) is 18.2 Å². The van der Waals surface area contributed by atoms with Crippen molar-refractivity contribution in [2.24, 2.45) is 0 Å². The summed E-state index contributed by atoms with van der Waals surface area (Å²) in [7, 11) is 3.31. The van der Waals surface area contributed by atoms with Gasteiger partial charge in [-0.3, -0.25) is 4.79 Å². The van der Waals surface area contributed by atoms with Crippen LogP contribution in [0.15, 0.2) is 22.7 Å². The van der Waals surface area contributed by atoms with E-state index in [2.05, 4.69) is 15.9 Å². The van der Waals surface area contributed by atoms with Crippen LogP contribution in [0.2, 0.25) is 0 Å². The Kier molecular flexibility index (Phi) is 3.26. The first-order valence-corrected chi connectivity index (χ1v) is 4.77. The molecule has 0 N–H and O–H groups in total. The maximum atomic E-state index is 11.6. The second-order valence-corrected chi connectivity index (χ2v) is 3.92. The van der Waals surface area contributed by atoms with Gasteiger partial charge in [-0.15, -0.1) is 0 Å². The summed E-state index contributed by atoms with van der Waals surface area (Å²) < 4.78 is 0.793. The molecule has 3 nitrogen and oxygen atoms in total. The lowest BCUT2D eigenvalue weighted by Crippen LogP contribution is -2.22. The molecule has 0 spiro atoms. The summed E-state index contributed by atoms with van der Waals surface area (Å²) in [6.07, 6.45) is 0. The molecular formula is C10H9BrN2O. The highest BCUT2D eigenvalue weighted by atomic mass is 79.9. The summed E-state index contributed by atoms with van der Waals surface area (Å²) in [5, 5.41) is 8.80. The van der Waals surface area contributed by atoms with E-state index in [1.165, 1.54) is 4.90 Å². The van der Waals surface area contributed by atoms with Crippen LogP contribution in [0.1, 0.15) is 15.9 Å². The van der Waals surface area contributed by atoms with Crippen molar-refractivity contribution in [3.05, 3.63) is 33.8 Å². The Morgan fingerprint density at radius 3 is 2.64 bits per heavy atom. The number of hydrogen-bond acceptors (Lipinski definition) is 2. The molecule has 1 aromatic rings. The number of benzene rings is 1. The van der Waals surface area contributed by atoms with Crippen LogP contribution in [0.3, 0.4) is 0 Å². The Balaban J connectivity index is 3.26. The van der Waals surface area contributed by atoms with E-state index in [9.17, 15) is 4.79 Å². The fourth-order valence-electron chi connectivity index (χ4n) is 1.03. The normalized spacial score (nSPS) is 9.29. The molecule has 1 aromatic carbocycles. The summed E-state index contributed by atoms with van der Waals surface area (Å²) in [5.41, 5.74) is 0.818. The van der Waals surface area contributed by atoms with E-state index >= 15 is 0 Å². The van der Waals surface area contributed by atoms with E-state index in [1.54, 1.807) is 32.3 Å². The van der Waals surface area contributed by atoms with Gasteiger partial charge in [0.05, 0.1) is 17.2 Å². The van der Waals surface area contributed by atoms with Crippen LogP contribution in [-0.2, 0) is 0 Å². The highest BCUT2D eigenvalue weighted by Crippen LogP contribution is 2.17. The van der Waals surface area contributed by atoms with E-state index in [-0.39, 0.29) is 5.91 Å². The Labute approximate surface area is 91.1 Å². The van der Waals surface area contributed by atoms with Crippen molar-refractivity contribution in [1.82, 2.24) is 4.90 Å². The highest BCUT2D eigenvalue weighted by Gasteiger charge is 2.13. The number of halogens is 1. The number of carbonyl (C=O) groups is 1. The van der Waals surface area contributed by atoms with Gasteiger partial charge >= 0.3 is 0 Å². The predicted molar refractivity (Wildman–Crippen MR) is 56.9 cm³/mol. The molecule has 0 bridgehead atoms. The summed E-state index contributed by atoms with van der Waals surface area (Å²) >= 11 is 3.26. The number of rotatable bonds is 1. The Morgan fingerprint density at radius 1 is 1.50 bits per heavy atom. The first-order valence-electron chi connectivity index (χ1n) is 3.97. The lowest BCUT2D eigenvalue weighted by Gasteiger charge is -2.11. The van der Waals surface area contributed by atoms with Gasteiger partial charge in [0.15, 0.2) is 0 Å². The second kappa shape index (κ2) is 4.25. The van der Waals surface area contributed by atoms with Crippen molar-refractivity contribution >= 4 is 21.8 Å². The predicted octanol–water partition coefficient (Wildman–Crippen LogP) is 2.02. The van der Waals surface area contributed by atoms with Gasteiger partial charge in [-0.1, -0.05) is 15.9 Å². The summed E-state index contributed by atoms with van der Waals surface area (Å²) in [4.78, 5) is 13.1. The quantitative estimate of drug-likeness (QED) is 0.768. The van der Waals surface area contributed by atoms with Crippen LogP contribution in [-0.4, -0.2) is 24.9 Å². The average Bonchev–Trinajstić information content (AvgIpc) is 2.16. The van der Waals surface area contributed by atoms with Crippen molar-refractivity contribution in [1.29, 1.82) is 5.26 Å². The Bertz CT molecular complexity index is 407. The molecule has 0 aliphatic heterocycles. The first kappa shape index (κ1) is 10.7. The molecule has 72 valence electrons. The minimum absolute atomic E-state index is 0.164. The molecule has 0 aliphatic rings. The smallest absolute Gasteiger partial charge is 0.254 e. The summed E-state index contributed by atoms with van der Waals surface area (Å²) in [5.74, 6) is -0.164. The van der Waals surface area contributed by atoms with Crippen LogP contribution >= 0.6 is 15.9 Å². The van der Waals surface area contributed by atoms with Crippen LogP contribution in [0.4, 0.5) is 0 Å². The van der Waals surface area contributed by atoms with Crippen LogP contribution in [0.5, 0.6) is 0 Å².